The van der Waals surface area contributed by atoms with E-state index in [1.807, 2.05) is 30.3 Å². The number of thiol groups is 1. The van der Waals surface area contributed by atoms with Crippen molar-refractivity contribution >= 4 is 30.4 Å². The Morgan fingerprint density at radius 2 is 1.73 bits per heavy atom. The average molecular weight is 579 g/mol. The number of aromatic nitrogens is 2. The number of imidazole rings is 1. The van der Waals surface area contributed by atoms with E-state index < -0.39 is 5.97 Å². The van der Waals surface area contributed by atoms with Gasteiger partial charge in [-0.3, -0.25) is 9.59 Å². The molecule has 0 saturated heterocycles. The van der Waals surface area contributed by atoms with Crippen LogP contribution < -0.4 is 10.6 Å². The summed E-state index contributed by atoms with van der Waals surface area (Å²) in [6, 6.07) is 16.1. The fraction of sp³-hybridized carbons (Fsp3) is 0.438. The van der Waals surface area contributed by atoms with Gasteiger partial charge in [-0.1, -0.05) is 69.7 Å². The summed E-state index contributed by atoms with van der Waals surface area (Å²) >= 11 is 4.38. The predicted molar refractivity (Wildman–Crippen MR) is 165 cm³/mol. The summed E-state index contributed by atoms with van der Waals surface area (Å²) < 4.78 is 0. The van der Waals surface area contributed by atoms with Crippen LogP contribution in [-0.2, 0) is 24.1 Å². The van der Waals surface area contributed by atoms with E-state index in [1.165, 1.54) is 0 Å². The molecule has 1 heterocycles. The highest BCUT2D eigenvalue weighted by molar-refractivity contribution is 7.80. The summed E-state index contributed by atoms with van der Waals surface area (Å²) in [5.41, 5.74) is 3.11. The lowest BCUT2D eigenvalue weighted by molar-refractivity contribution is -0.124. The zero-order valence-corrected chi connectivity index (χ0v) is 25.0. The van der Waals surface area contributed by atoms with Gasteiger partial charge in [0.25, 0.3) is 5.91 Å². The van der Waals surface area contributed by atoms with Crippen molar-refractivity contribution in [2.75, 3.05) is 12.3 Å². The van der Waals surface area contributed by atoms with Crippen molar-refractivity contribution in [2.24, 2.45) is 11.8 Å². The standard InChI is InChI=1S/C32H42N4O4S/c1-4-5-11-28-35-27(18-23-12-14-24(15-13-23)32(39)40)29(36-28)31(38)34-26(17-22-9-7-6-8-10-22)19-33-30(37)25(20-41)16-21(2)3/h6-10,12-15,21,25-26,41H,4-5,11,16-20H2,1-3H3,(H,33,37)(H,34,38)(H,35,36)(H,39,40)/t25?,26-/m0/s1. The van der Waals surface area contributed by atoms with Crippen LogP contribution in [0.5, 0.6) is 0 Å². The molecule has 41 heavy (non-hydrogen) atoms. The molecule has 0 aliphatic heterocycles. The van der Waals surface area contributed by atoms with E-state index in [0.717, 1.165) is 42.6 Å². The molecule has 9 heteroatoms. The number of carboxylic acid groups (broad SMARTS) is 1. The summed E-state index contributed by atoms with van der Waals surface area (Å²) in [5, 5.41) is 15.4. The maximum atomic E-state index is 13.7. The van der Waals surface area contributed by atoms with Crippen molar-refractivity contribution in [3.8, 4) is 0 Å². The van der Waals surface area contributed by atoms with Gasteiger partial charge >= 0.3 is 5.97 Å². The molecule has 2 aromatic carbocycles. The van der Waals surface area contributed by atoms with Crippen LogP contribution in [0.4, 0.5) is 0 Å². The van der Waals surface area contributed by atoms with E-state index in [4.69, 9.17) is 0 Å². The Bertz CT molecular complexity index is 1270. The maximum absolute atomic E-state index is 13.7. The Morgan fingerprint density at radius 3 is 2.34 bits per heavy atom. The van der Waals surface area contributed by atoms with E-state index in [2.05, 4.69) is 54.0 Å². The van der Waals surface area contributed by atoms with Crippen LogP contribution in [0.15, 0.2) is 54.6 Å². The number of nitrogens with one attached hydrogen (secondary N) is 3. The van der Waals surface area contributed by atoms with Crippen LogP contribution in [0.25, 0.3) is 0 Å². The van der Waals surface area contributed by atoms with Crippen molar-refractivity contribution in [1.82, 2.24) is 20.6 Å². The van der Waals surface area contributed by atoms with Crippen LogP contribution in [0.2, 0.25) is 0 Å². The highest BCUT2D eigenvalue weighted by atomic mass is 32.1. The van der Waals surface area contributed by atoms with Gasteiger partial charge < -0.3 is 20.7 Å². The van der Waals surface area contributed by atoms with Crippen LogP contribution in [0.1, 0.15) is 83.5 Å². The van der Waals surface area contributed by atoms with Crippen molar-refractivity contribution in [3.05, 3.63) is 88.5 Å². The number of unbranched alkanes of at least 4 members (excludes halogenated alkanes) is 1. The number of benzene rings is 2. The number of carboxylic acids is 1. The second kappa shape index (κ2) is 16.0. The summed E-state index contributed by atoms with van der Waals surface area (Å²) in [4.78, 5) is 45.8. The van der Waals surface area contributed by atoms with Crippen molar-refractivity contribution in [3.63, 3.8) is 0 Å². The largest absolute Gasteiger partial charge is 0.478 e. The molecule has 4 N–H and O–H groups in total. The molecule has 0 aliphatic rings. The zero-order chi connectivity index (χ0) is 29.8. The number of aryl methyl sites for hydroxylation is 1. The number of rotatable bonds is 16. The van der Waals surface area contributed by atoms with E-state index >= 15 is 0 Å². The van der Waals surface area contributed by atoms with Crippen molar-refractivity contribution in [2.45, 2.75) is 65.3 Å². The van der Waals surface area contributed by atoms with Gasteiger partial charge in [0.05, 0.1) is 17.3 Å². The molecule has 0 radical (unpaired) electrons. The topological polar surface area (TPSA) is 124 Å². The number of nitrogens with zero attached hydrogens (tertiary/aromatic N) is 1. The molecule has 0 bridgehead atoms. The van der Waals surface area contributed by atoms with E-state index in [0.29, 0.717) is 35.9 Å². The Hall–Kier alpha value is -3.59. The molecule has 1 aromatic heterocycles. The first-order valence-electron chi connectivity index (χ1n) is 14.3. The first-order valence-corrected chi connectivity index (χ1v) is 15.0. The van der Waals surface area contributed by atoms with E-state index in [9.17, 15) is 19.5 Å². The first kappa shape index (κ1) is 31.9. The summed E-state index contributed by atoms with van der Waals surface area (Å²) in [7, 11) is 0. The summed E-state index contributed by atoms with van der Waals surface area (Å²) in [6.07, 6.45) is 4.35. The molecule has 8 nitrogen and oxygen atoms in total. The Kier molecular flexibility index (Phi) is 12.5. The van der Waals surface area contributed by atoms with Gasteiger partial charge in [0, 0.05) is 31.1 Å². The summed E-state index contributed by atoms with van der Waals surface area (Å²) in [5.74, 6) is 0.0203. The number of H-pyrrole nitrogens is 1. The third kappa shape index (κ3) is 10.1. The molecule has 0 fully saturated rings. The highest BCUT2D eigenvalue weighted by Gasteiger charge is 2.24. The molecule has 0 spiro atoms. The van der Waals surface area contributed by atoms with Gasteiger partial charge in [-0.2, -0.15) is 12.6 Å². The van der Waals surface area contributed by atoms with Crippen molar-refractivity contribution < 1.29 is 19.5 Å². The third-order valence-corrected chi connectivity index (χ3v) is 7.36. The monoisotopic (exact) mass is 578 g/mol. The van der Waals surface area contributed by atoms with Gasteiger partial charge in [0.2, 0.25) is 5.91 Å². The molecule has 220 valence electrons. The molecule has 2 amide bonds. The highest BCUT2D eigenvalue weighted by Crippen LogP contribution is 2.17. The van der Waals surface area contributed by atoms with Gasteiger partial charge in [-0.05, 0) is 48.4 Å². The Labute approximate surface area is 248 Å². The number of amides is 2. The predicted octanol–water partition coefficient (Wildman–Crippen LogP) is 5.09. The number of carbonyl (C=O) groups is 3. The molecular weight excluding hydrogens is 536 g/mol. The van der Waals surface area contributed by atoms with Crippen molar-refractivity contribution in [1.29, 1.82) is 0 Å². The minimum Gasteiger partial charge on any atom is -0.478 e. The quantitative estimate of drug-likeness (QED) is 0.152. The summed E-state index contributed by atoms with van der Waals surface area (Å²) in [6.45, 7) is 6.54. The van der Waals surface area contributed by atoms with E-state index in [-0.39, 0.29) is 35.9 Å². The molecular formula is C32H42N4O4S. The third-order valence-electron chi connectivity index (χ3n) is 6.92. The normalized spacial score (nSPS) is 12.6. The van der Waals surface area contributed by atoms with Gasteiger partial charge in [0.1, 0.15) is 11.5 Å². The molecule has 2 atom stereocenters. The maximum Gasteiger partial charge on any atom is 0.335 e. The first-order chi connectivity index (χ1) is 19.7. The lowest BCUT2D eigenvalue weighted by Crippen LogP contribution is -2.46. The van der Waals surface area contributed by atoms with Crippen LogP contribution in [-0.4, -0.2) is 51.2 Å². The molecule has 3 rings (SSSR count). The molecule has 0 aliphatic carbocycles. The minimum absolute atomic E-state index is 0.0619. The fourth-order valence-corrected chi connectivity index (χ4v) is 5.05. The zero-order valence-electron chi connectivity index (χ0n) is 24.2. The average Bonchev–Trinajstić information content (AvgIpc) is 3.36. The van der Waals surface area contributed by atoms with E-state index in [1.54, 1.807) is 24.3 Å². The minimum atomic E-state index is -0.985. The van der Waals surface area contributed by atoms with Gasteiger partial charge in [-0.15, -0.1) is 0 Å². The van der Waals surface area contributed by atoms with Crippen LogP contribution in [0, 0.1) is 11.8 Å². The Morgan fingerprint density at radius 1 is 1.02 bits per heavy atom. The molecule has 3 aromatic rings. The molecule has 1 unspecified atom stereocenters. The van der Waals surface area contributed by atoms with Gasteiger partial charge in [-0.25, -0.2) is 9.78 Å². The Balaban J connectivity index is 1.81. The van der Waals surface area contributed by atoms with Gasteiger partial charge in [0.15, 0.2) is 0 Å². The smallest absolute Gasteiger partial charge is 0.335 e. The lowest BCUT2D eigenvalue weighted by Gasteiger charge is -2.22. The van der Waals surface area contributed by atoms with Crippen LogP contribution in [0.3, 0.4) is 0 Å². The second-order valence-electron chi connectivity index (χ2n) is 10.9. The second-order valence-corrected chi connectivity index (χ2v) is 11.3. The number of hydrogen-bond acceptors (Lipinski definition) is 5. The number of carbonyl (C=O) groups excluding carboxylic acids is 2. The lowest BCUT2D eigenvalue weighted by atomic mass is 9.97. The fourth-order valence-electron chi connectivity index (χ4n) is 4.74. The van der Waals surface area contributed by atoms with Crippen LogP contribution >= 0.6 is 12.6 Å². The number of aromatic amines is 1. The SMILES string of the molecule is CCCCc1nc(C(=O)N[C@H](CNC(=O)C(CS)CC(C)C)Cc2ccccc2)c(Cc2ccc(C(=O)O)cc2)[nH]1. The number of aromatic carboxylic acids is 1. The number of hydrogen-bond donors (Lipinski definition) is 5. The molecule has 0 saturated carbocycles.